The van der Waals surface area contributed by atoms with Gasteiger partial charge in [-0.25, -0.2) is 0 Å². The summed E-state index contributed by atoms with van der Waals surface area (Å²) in [6, 6.07) is 10.5. The lowest BCUT2D eigenvalue weighted by Crippen LogP contribution is -2.46. The first kappa shape index (κ1) is 19.2. The van der Waals surface area contributed by atoms with Gasteiger partial charge >= 0.3 is 0 Å². The lowest BCUT2D eigenvalue weighted by atomic mass is 9.92. The first-order chi connectivity index (χ1) is 11.9. The summed E-state index contributed by atoms with van der Waals surface area (Å²) in [5, 5.41) is 3.41. The van der Waals surface area contributed by atoms with Gasteiger partial charge in [0, 0.05) is 25.2 Å². The number of rotatable bonds is 7. The molecule has 3 unspecified atom stereocenters. The molecule has 1 N–H and O–H groups in total. The van der Waals surface area contributed by atoms with Crippen molar-refractivity contribution in [2.45, 2.75) is 46.6 Å². The molecule has 0 aliphatic carbocycles. The second-order valence-electron chi connectivity index (χ2n) is 7.24. The molecule has 1 aliphatic heterocycles. The number of carbonyl (C=O) groups excluding carboxylic acids is 2. The lowest BCUT2D eigenvalue weighted by molar-refractivity contribution is -0.139. The third kappa shape index (κ3) is 5.45. The Kier molecular flexibility index (Phi) is 6.80. The van der Waals surface area contributed by atoms with Gasteiger partial charge in [-0.1, -0.05) is 57.5 Å². The van der Waals surface area contributed by atoms with Crippen LogP contribution in [0.3, 0.4) is 0 Å². The topological polar surface area (TPSA) is 49.4 Å². The monoisotopic (exact) mass is 344 g/mol. The second kappa shape index (κ2) is 8.84. The maximum Gasteiger partial charge on any atom is 0.226 e. The van der Waals surface area contributed by atoms with E-state index in [4.69, 9.17) is 0 Å². The molecule has 0 aromatic heterocycles. The summed E-state index contributed by atoms with van der Waals surface area (Å²) in [7, 11) is 0. The average Bonchev–Trinajstić information content (AvgIpc) is 2.59. The zero-order valence-electron chi connectivity index (χ0n) is 15.8. The molecule has 0 saturated heterocycles. The summed E-state index contributed by atoms with van der Waals surface area (Å²) in [6.45, 7) is 8.92. The quantitative estimate of drug-likeness (QED) is 0.824. The van der Waals surface area contributed by atoms with Crippen LogP contribution in [0.4, 0.5) is 0 Å². The first-order valence-corrected chi connectivity index (χ1v) is 9.23. The van der Waals surface area contributed by atoms with Crippen LogP contribution in [0.2, 0.25) is 0 Å². The Morgan fingerprint density at radius 2 is 1.88 bits per heavy atom. The lowest BCUT2D eigenvalue weighted by Gasteiger charge is -2.32. The SMILES string of the molecule is CCC(C)C(C)C(=O)N1CC(=O)C=C(NC(C)Cc2ccccc2)C1.[HH]. The molecule has 0 radical (unpaired) electrons. The van der Waals surface area contributed by atoms with Crippen LogP contribution >= 0.6 is 0 Å². The van der Waals surface area contributed by atoms with Gasteiger partial charge < -0.3 is 10.2 Å². The molecule has 1 amide bonds. The van der Waals surface area contributed by atoms with Crippen LogP contribution in [-0.2, 0) is 16.0 Å². The molecule has 138 valence electrons. The Hall–Kier alpha value is -2.10. The molecule has 0 spiro atoms. The van der Waals surface area contributed by atoms with Crippen LogP contribution in [0, 0.1) is 11.8 Å². The van der Waals surface area contributed by atoms with Gasteiger partial charge in [0.15, 0.2) is 5.78 Å². The van der Waals surface area contributed by atoms with Crippen LogP contribution in [0.5, 0.6) is 0 Å². The van der Waals surface area contributed by atoms with E-state index >= 15 is 0 Å². The van der Waals surface area contributed by atoms with E-state index in [0.717, 1.165) is 18.5 Å². The fraction of sp³-hybridized carbons (Fsp3) is 0.524. The Morgan fingerprint density at radius 1 is 1.20 bits per heavy atom. The van der Waals surface area contributed by atoms with Crippen molar-refractivity contribution in [3.8, 4) is 0 Å². The Morgan fingerprint density at radius 3 is 2.52 bits per heavy atom. The van der Waals surface area contributed by atoms with Crippen molar-refractivity contribution >= 4 is 11.7 Å². The second-order valence-corrected chi connectivity index (χ2v) is 7.24. The molecule has 3 atom stereocenters. The summed E-state index contributed by atoms with van der Waals surface area (Å²) in [6.07, 6.45) is 3.49. The molecular formula is C21H32N2O2. The standard InChI is InChI=1S/C21H30N2O2.H2/c1-5-15(2)17(4)21(25)23-13-19(12-20(24)14-23)22-16(3)11-18-9-7-6-8-10-18;/h6-10,12,15-17,22H,5,11,13-14H2,1-4H3;1H. The molecule has 0 bridgehead atoms. The predicted molar refractivity (Wildman–Crippen MR) is 103 cm³/mol. The summed E-state index contributed by atoms with van der Waals surface area (Å²) in [5.41, 5.74) is 2.09. The molecule has 4 heteroatoms. The normalized spacial score (nSPS) is 18.3. The van der Waals surface area contributed by atoms with Gasteiger partial charge in [0.2, 0.25) is 5.91 Å². The van der Waals surface area contributed by atoms with Crippen LogP contribution in [-0.4, -0.2) is 35.7 Å². The smallest absolute Gasteiger partial charge is 0.226 e. The Bertz CT molecular complexity index is 630. The maximum absolute atomic E-state index is 12.7. The van der Waals surface area contributed by atoms with Gasteiger partial charge in [0.25, 0.3) is 0 Å². The van der Waals surface area contributed by atoms with E-state index in [-0.39, 0.29) is 31.6 Å². The summed E-state index contributed by atoms with van der Waals surface area (Å²) in [5.74, 6) is 0.331. The molecule has 1 aromatic carbocycles. The van der Waals surface area contributed by atoms with Crippen molar-refractivity contribution in [2.75, 3.05) is 13.1 Å². The Labute approximate surface area is 152 Å². The van der Waals surface area contributed by atoms with Crippen LogP contribution in [0.15, 0.2) is 42.1 Å². The largest absolute Gasteiger partial charge is 0.384 e. The highest BCUT2D eigenvalue weighted by atomic mass is 16.2. The van der Waals surface area contributed by atoms with Crippen LogP contribution in [0.1, 0.15) is 41.1 Å². The molecule has 25 heavy (non-hydrogen) atoms. The van der Waals surface area contributed by atoms with Gasteiger partial charge in [-0.2, -0.15) is 0 Å². The number of carbonyl (C=O) groups is 2. The van der Waals surface area contributed by atoms with Gasteiger partial charge in [0.05, 0.1) is 13.1 Å². The minimum absolute atomic E-state index is 0. The summed E-state index contributed by atoms with van der Waals surface area (Å²) >= 11 is 0. The van der Waals surface area contributed by atoms with E-state index in [1.165, 1.54) is 5.56 Å². The van der Waals surface area contributed by atoms with E-state index < -0.39 is 0 Å². The third-order valence-corrected chi connectivity index (χ3v) is 5.06. The highest BCUT2D eigenvalue weighted by molar-refractivity contribution is 5.96. The van der Waals surface area contributed by atoms with Crippen molar-refractivity contribution in [3.05, 3.63) is 47.7 Å². The fourth-order valence-electron chi connectivity index (χ4n) is 3.20. The minimum atomic E-state index is -0.0566. The van der Waals surface area contributed by atoms with Crippen LogP contribution < -0.4 is 5.32 Å². The molecular weight excluding hydrogens is 312 g/mol. The minimum Gasteiger partial charge on any atom is -0.384 e. The number of hydrogen-bond donors (Lipinski definition) is 1. The zero-order chi connectivity index (χ0) is 18.4. The van der Waals surface area contributed by atoms with Gasteiger partial charge in [-0.15, -0.1) is 0 Å². The van der Waals surface area contributed by atoms with E-state index in [0.29, 0.717) is 12.5 Å². The number of hydrogen-bond acceptors (Lipinski definition) is 3. The van der Waals surface area contributed by atoms with Crippen molar-refractivity contribution in [3.63, 3.8) is 0 Å². The van der Waals surface area contributed by atoms with Crippen molar-refractivity contribution in [1.29, 1.82) is 0 Å². The Balaban J connectivity index is 0.00000338. The molecule has 1 aromatic rings. The average molecular weight is 344 g/mol. The van der Waals surface area contributed by atoms with Gasteiger partial charge in [-0.05, 0) is 24.8 Å². The van der Waals surface area contributed by atoms with Gasteiger partial charge in [0.1, 0.15) is 0 Å². The highest BCUT2D eigenvalue weighted by Crippen LogP contribution is 2.19. The van der Waals surface area contributed by atoms with Crippen LogP contribution in [0.25, 0.3) is 0 Å². The molecule has 1 aliphatic rings. The number of nitrogens with one attached hydrogen (secondary N) is 1. The number of benzene rings is 1. The maximum atomic E-state index is 12.7. The molecule has 0 fully saturated rings. The van der Waals surface area contributed by atoms with Crippen molar-refractivity contribution in [2.24, 2.45) is 11.8 Å². The summed E-state index contributed by atoms with van der Waals surface area (Å²) in [4.78, 5) is 26.5. The molecule has 4 nitrogen and oxygen atoms in total. The number of amides is 1. The number of ketones is 1. The highest BCUT2D eigenvalue weighted by Gasteiger charge is 2.28. The third-order valence-electron chi connectivity index (χ3n) is 5.06. The molecule has 2 rings (SSSR count). The number of nitrogens with zero attached hydrogens (tertiary/aromatic N) is 1. The molecule has 0 saturated carbocycles. The predicted octanol–water partition coefficient (Wildman–Crippen LogP) is 3.43. The van der Waals surface area contributed by atoms with Gasteiger partial charge in [-0.3, -0.25) is 9.59 Å². The van der Waals surface area contributed by atoms with E-state index in [9.17, 15) is 9.59 Å². The zero-order valence-corrected chi connectivity index (χ0v) is 15.8. The van der Waals surface area contributed by atoms with E-state index in [2.05, 4.69) is 38.2 Å². The van der Waals surface area contributed by atoms with E-state index in [1.54, 1.807) is 11.0 Å². The first-order valence-electron chi connectivity index (χ1n) is 9.23. The van der Waals surface area contributed by atoms with Crippen molar-refractivity contribution < 1.29 is 11.0 Å². The molecule has 1 heterocycles. The fourth-order valence-corrected chi connectivity index (χ4v) is 3.20. The summed E-state index contributed by atoms with van der Waals surface area (Å²) < 4.78 is 0. The van der Waals surface area contributed by atoms with Crippen molar-refractivity contribution in [1.82, 2.24) is 10.2 Å². The van der Waals surface area contributed by atoms with E-state index in [1.807, 2.05) is 25.1 Å².